The molecule has 0 saturated carbocycles. The molecule has 0 amide bonds. The van der Waals surface area contributed by atoms with Crippen LogP contribution in [0.15, 0.2) is 0 Å². The number of carbonyl (C=O) groups is 2. The molecule has 1 aliphatic heterocycles. The first-order chi connectivity index (χ1) is 4.01. The first kappa shape index (κ1) is 9.86. The average molecular weight is 160 g/mol. The van der Waals surface area contributed by atoms with Crippen molar-refractivity contribution in [1.29, 1.82) is 0 Å². The van der Waals surface area contributed by atoms with Crippen LogP contribution < -0.4 is 29.6 Å². The van der Waals surface area contributed by atoms with Gasteiger partial charge in [0.2, 0.25) is 0 Å². The van der Waals surface area contributed by atoms with E-state index in [-0.39, 0.29) is 29.6 Å². The molecule has 50 valence electrons. The summed E-state index contributed by atoms with van der Waals surface area (Å²) in [6.45, 7) is 0. The minimum absolute atomic E-state index is 0. The van der Waals surface area contributed by atoms with E-state index in [2.05, 4.69) is 9.31 Å². The van der Waals surface area contributed by atoms with Gasteiger partial charge in [-0.3, -0.25) is 0 Å². The van der Waals surface area contributed by atoms with Gasteiger partial charge in [0, 0.05) is 0 Å². The number of hydrogen-bond acceptors (Lipinski definition) is 4. The van der Waals surface area contributed by atoms with Gasteiger partial charge in [0.05, 0.1) is 0 Å². The summed E-state index contributed by atoms with van der Waals surface area (Å²) in [5, 5.41) is 0. The van der Waals surface area contributed by atoms with Gasteiger partial charge in [0.1, 0.15) is 0 Å². The Bertz CT molecular complexity index is 164. The fourth-order valence-electron chi connectivity index (χ4n) is 0.370. The monoisotopic (exact) mass is 160 g/mol. The normalized spacial score (nSPS) is 21.0. The van der Waals surface area contributed by atoms with Crippen molar-refractivity contribution in [3.63, 3.8) is 0 Å². The third-order valence-electron chi connectivity index (χ3n) is 0.655. The summed E-state index contributed by atoms with van der Waals surface area (Å²) in [5.74, 6) is -3.28. The van der Waals surface area contributed by atoms with Crippen LogP contribution in [-0.4, -0.2) is 19.0 Å². The first-order valence-electron chi connectivity index (χ1n) is 1.97. The maximum absolute atomic E-state index is 11.6. The van der Waals surface area contributed by atoms with E-state index in [1.165, 1.54) is 0 Å². The van der Waals surface area contributed by atoms with Crippen LogP contribution in [0.2, 0.25) is 0 Å². The molecular formula is C2BF2NaO4. The zero-order valence-electron chi connectivity index (χ0n) is 4.97. The molecule has 4 nitrogen and oxygen atoms in total. The summed E-state index contributed by atoms with van der Waals surface area (Å²) in [6.07, 6.45) is 0. The standard InChI is InChI=1S/C2BF2O4.Na/c4-3(5)8-1(6)2(7)9-3;/q-1;+1. The van der Waals surface area contributed by atoms with Crippen molar-refractivity contribution in [3.05, 3.63) is 0 Å². The van der Waals surface area contributed by atoms with Crippen molar-refractivity contribution >= 4 is 19.0 Å². The smallest absolute Gasteiger partial charge is 0.593 e. The van der Waals surface area contributed by atoms with Crippen molar-refractivity contribution in [2.24, 2.45) is 0 Å². The quantitative estimate of drug-likeness (QED) is 0.272. The second-order valence-corrected chi connectivity index (χ2v) is 1.35. The Morgan fingerprint density at radius 1 is 1.10 bits per heavy atom. The molecule has 1 saturated heterocycles. The molecule has 1 aliphatic rings. The van der Waals surface area contributed by atoms with Crippen LogP contribution in [0.4, 0.5) is 8.63 Å². The Hall–Kier alpha value is -0.135. The number of halogens is 2. The van der Waals surface area contributed by atoms with Crippen molar-refractivity contribution in [3.8, 4) is 0 Å². The van der Waals surface area contributed by atoms with Gasteiger partial charge in [0.15, 0.2) is 0 Å². The predicted molar refractivity (Wildman–Crippen MR) is 20.2 cm³/mol. The SMILES string of the molecule is O=C1O[B-](F)(F)OC1=O.[Na+]. The molecule has 0 bridgehead atoms. The van der Waals surface area contributed by atoms with E-state index in [1.54, 1.807) is 0 Å². The van der Waals surface area contributed by atoms with Gasteiger partial charge in [-0.1, -0.05) is 0 Å². The van der Waals surface area contributed by atoms with Gasteiger partial charge in [-0.15, -0.1) is 0 Å². The maximum atomic E-state index is 11.6. The fraction of sp³-hybridized carbons (Fsp3) is 0. The predicted octanol–water partition coefficient (Wildman–Crippen LogP) is -3.54. The van der Waals surface area contributed by atoms with Crippen molar-refractivity contribution in [2.45, 2.75) is 0 Å². The van der Waals surface area contributed by atoms with E-state index in [0.717, 1.165) is 0 Å². The van der Waals surface area contributed by atoms with E-state index >= 15 is 0 Å². The molecule has 0 unspecified atom stereocenters. The Kier molecular flexibility index (Phi) is 2.81. The second kappa shape index (κ2) is 2.85. The van der Waals surface area contributed by atoms with Gasteiger partial charge in [-0.2, -0.15) is 0 Å². The molecule has 1 rings (SSSR count). The van der Waals surface area contributed by atoms with E-state index in [4.69, 9.17) is 0 Å². The molecule has 0 N–H and O–H groups in total. The molecule has 0 aromatic carbocycles. The molecule has 0 radical (unpaired) electrons. The third-order valence-corrected chi connectivity index (χ3v) is 0.655. The number of rotatable bonds is 0. The van der Waals surface area contributed by atoms with Crippen LogP contribution >= 0.6 is 0 Å². The zero-order chi connectivity index (χ0) is 7.07. The Balaban J connectivity index is 0.000000810. The van der Waals surface area contributed by atoms with Crippen LogP contribution in [0.25, 0.3) is 0 Å². The third kappa shape index (κ3) is 1.93. The van der Waals surface area contributed by atoms with Crippen LogP contribution in [0, 0.1) is 0 Å². The van der Waals surface area contributed by atoms with E-state index in [9.17, 15) is 18.2 Å². The summed E-state index contributed by atoms with van der Waals surface area (Å²) in [4.78, 5) is 19.7. The van der Waals surface area contributed by atoms with Crippen LogP contribution in [-0.2, 0) is 18.9 Å². The number of hydrogen-bond donors (Lipinski definition) is 0. The summed E-state index contributed by atoms with van der Waals surface area (Å²) >= 11 is 0. The topological polar surface area (TPSA) is 52.6 Å². The molecule has 1 fully saturated rings. The molecule has 0 atom stereocenters. The summed E-state index contributed by atoms with van der Waals surface area (Å²) < 4.78 is 29.6. The van der Waals surface area contributed by atoms with E-state index < -0.39 is 19.0 Å². The first-order valence-corrected chi connectivity index (χ1v) is 1.97. The molecule has 0 aromatic rings. The van der Waals surface area contributed by atoms with Crippen molar-refractivity contribution in [2.75, 3.05) is 0 Å². The Labute approximate surface area is 76.2 Å². The minimum Gasteiger partial charge on any atom is -0.593 e. The largest absolute Gasteiger partial charge is 1.00 e. The van der Waals surface area contributed by atoms with Crippen LogP contribution in [0.3, 0.4) is 0 Å². The van der Waals surface area contributed by atoms with Gasteiger partial charge >= 0.3 is 48.6 Å². The fourth-order valence-corrected chi connectivity index (χ4v) is 0.370. The van der Waals surface area contributed by atoms with Gasteiger partial charge in [-0.25, -0.2) is 9.59 Å². The number of carbonyl (C=O) groups excluding carboxylic acids is 2. The van der Waals surface area contributed by atoms with Crippen LogP contribution in [0.5, 0.6) is 0 Å². The Morgan fingerprint density at radius 2 is 1.40 bits per heavy atom. The van der Waals surface area contributed by atoms with Gasteiger partial charge < -0.3 is 17.9 Å². The maximum Gasteiger partial charge on any atom is 1.00 e. The Morgan fingerprint density at radius 3 is 1.50 bits per heavy atom. The van der Waals surface area contributed by atoms with Crippen molar-refractivity contribution < 1.29 is 57.1 Å². The molecule has 1 heterocycles. The molecule has 10 heavy (non-hydrogen) atoms. The molecule has 8 heteroatoms. The zero-order valence-corrected chi connectivity index (χ0v) is 6.97. The van der Waals surface area contributed by atoms with Gasteiger partial charge in [0.25, 0.3) is 0 Å². The minimum atomic E-state index is -4.65. The van der Waals surface area contributed by atoms with Crippen LogP contribution in [0.1, 0.15) is 0 Å². The van der Waals surface area contributed by atoms with E-state index in [0.29, 0.717) is 0 Å². The van der Waals surface area contributed by atoms with Crippen molar-refractivity contribution in [1.82, 2.24) is 0 Å². The van der Waals surface area contributed by atoms with E-state index in [1.807, 2.05) is 0 Å². The summed E-state index contributed by atoms with van der Waals surface area (Å²) in [6, 6.07) is 0. The van der Waals surface area contributed by atoms with Gasteiger partial charge in [-0.05, 0) is 0 Å². The molecular weight excluding hydrogens is 160 g/mol. The summed E-state index contributed by atoms with van der Waals surface area (Å²) in [7, 11) is -4.65. The second-order valence-electron chi connectivity index (χ2n) is 1.35. The summed E-state index contributed by atoms with van der Waals surface area (Å²) in [5.41, 5.74) is 0. The average Bonchev–Trinajstić information content (AvgIpc) is 1.79. The molecule has 0 aliphatic carbocycles. The molecule has 0 spiro atoms. The molecule has 0 aromatic heterocycles.